The molecule has 0 radical (unpaired) electrons. The zero-order valence-electron chi connectivity index (χ0n) is 27.0. The highest BCUT2D eigenvalue weighted by Gasteiger charge is 2.32. The molecule has 1 atom stereocenters. The summed E-state index contributed by atoms with van der Waals surface area (Å²) in [5, 5.41) is 16.3. The lowest BCUT2D eigenvalue weighted by atomic mass is 9.94. The average molecular weight is 651 g/mol. The summed E-state index contributed by atoms with van der Waals surface area (Å²) in [7, 11) is -4.00. The molecule has 45 heavy (non-hydrogen) atoms. The fourth-order valence-corrected chi connectivity index (χ4v) is 6.55. The molecular formula is C31H50N6O7S. The number of anilines is 1. The molecule has 0 unspecified atom stereocenters. The van der Waals surface area contributed by atoms with Gasteiger partial charge in [0.05, 0.1) is 4.90 Å². The fourth-order valence-electron chi connectivity index (χ4n) is 5.11. The number of benzene rings is 2. The SMILES string of the molecule is CC(=O)O.CC(=O)O.CCC1CCN(C(=O)[C@H](CCCN=C(N)N)NS(=O)(=O)c2cccc3c(N(CC)CC)cccc23)CC1. The zero-order chi connectivity index (χ0) is 34.2. The van der Waals surface area contributed by atoms with Gasteiger partial charge in [0.25, 0.3) is 11.9 Å². The fraction of sp³-hybridized carbons (Fsp3) is 0.548. The van der Waals surface area contributed by atoms with Crippen molar-refractivity contribution in [2.24, 2.45) is 22.4 Å². The van der Waals surface area contributed by atoms with E-state index in [0.717, 1.165) is 57.3 Å². The van der Waals surface area contributed by atoms with E-state index in [1.807, 2.05) is 24.3 Å². The third kappa shape index (κ3) is 13.3. The van der Waals surface area contributed by atoms with Crippen molar-refractivity contribution in [2.75, 3.05) is 37.6 Å². The number of guanidine groups is 1. The van der Waals surface area contributed by atoms with Crippen LogP contribution in [0.15, 0.2) is 46.3 Å². The maximum absolute atomic E-state index is 13.7. The largest absolute Gasteiger partial charge is 0.481 e. The number of piperidine rings is 1. The Morgan fingerprint density at radius 1 is 0.978 bits per heavy atom. The molecule has 1 heterocycles. The van der Waals surface area contributed by atoms with E-state index in [9.17, 15) is 13.2 Å². The molecular weight excluding hydrogens is 600 g/mol. The number of aliphatic imine (C=N–C) groups is 1. The Kier molecular flexibility index (Phi) is 16.9. The van der Waals surface area contributed by atoms with Gasteiger partial charge in [-0.1, -0.05) is 37.6 Å². The summed E-state index contributed by atoms with van der Waals surface area (Å²) in [6, 6.07) is 10.1. The van der Waals surface area contributed by atoms with Crippen molar-refractivity contribution in [1.82, 2.24) is 9.62 Å². The predicted octanol–water partition coefficient (Wildman–Crippen LogP) is 3.22. The molecule has 0 bridgehead atoms. The molecule has 0 aromatic heterocycles. The Morgan fingerprint density at radius 3 is 2.02 bits per heavy atom. The summed E-state index contributed by atoms with van der Waals surface area (Å²) >= 11 is 0. The number of amides is 1. The number of rotatable bonds is 12. The summed E-state index contributed by atoms with van der Waals surface area (Å²) in [6.07, 6.45) is 3.75. The van der Waals surface area contributed by atoms with Crippen molar-refractivity contribution < 1.29 is 33.0 Å². The van der Waals surface area contributed by atoms with Crippen LogP contribution in [-0.2, 0) is 24.4 Å². The van der Waals surface area contributed by atoms with Gasteiger partial charge in [0.15, 0.2) is 5.96 Å². The quantitative estimate of drug-likeness (QED) is 0.129. The van der Waals surface area contributed by atoms with Crippen molar-refractivity contribution in [2.45, 2.75) is 77.7 Å². The van der Waals surface area contributed by atoms with E-state index < -0.39 is 28.0 Å². The Balaban J connectivity index is 0.00000113. The molecule has 0 saturated carbocycles. The minimum atomic E-state index is -4.00. The van der Waals surface area contributed by atoms with E-state index in [2.05, 4.69) is 35.4 Å². The number of hydrogen-bond donors (Lipinski definition) is 5. The van der Waals surface area contributed by atoms with Crippen LogP contribution in [0.3, 0.4) is 0 Å². The van der Waals surface area contributed by atoms with Gasteiger partial charge in [-0.2, -0.15) is 4.72 Å². The molecule has 0 spiro atoms. The van der Waals surface area contributed by atoms with Gasteiger partial charge >= 0.3 is 0 Å². The van der Waals surface area contributed by atoms with Crippen molar-refractivity contribution in [3.63, 3.8) is 0 Å². The number of nitrogens with zero attached hydrogens (tertiary/aromatic N) is 3. The molecule has 13 nitrogen and oxygen atoms in total. The Morgan fingerprint density at radius 2 is 1.51 bits per heavy atom. The van der Waals surface area contributed by atoms with E-state index >= 15 is 0 Å². The highest BCUT2D eigenvalue weighted by molar-refractivity contribution is 7.89. The van der Waals surface area contributed by atoms with E-state index in [4.69, 9.17) is 31.3 Å². The van der Waals surface area contributed by atoms with E-state index in [1.165, 1.54) is 0 Å². The highest BCUT2D eigenvalue weighted by atomic mass is 32.2. The third-order valence-electron chi connectivity index (χ3n) is 7.30. The summed E-state index contributed by atoms with van der Waals surface area (Å²) in [6.45, 7) is 11.7. The van der Waals surface area contributed by atoms with E-state index in [0.29, 0.717) is 43.8 Å². The van der Waals surface area contributed by atoms with Gasteiger partial charge in [0, 0.05) is 63.0 Å². The molecule has 1 amide bonds. The van der Waals surface area contributed by atoms with E-state index in [-0.39, 0.29) is 16.8 Å². The number of nitrogens with two attached hydrogens (primary N) is 2. The topological polar surface area (TPSA) is 209 Å². The number of aliphatic carboxylic acids is 2. The van der Waals surface area contributed by atoms with E-state index in [1.54, 1.807) is 17.0 Å². The predicted molar refractivity (Wildman–Crippen MR) is 178 cm³/mol. The second-order valence-corrected chi connectivity index (χ2v) is 12.3. The van der Waals surface area contributed by atoms with Crippen molar-refractivity contribution in [3.8, 4) is 0 Å². The average Bonchev–Trinajstić information content (AvgIpc) is 2.98. The number of hydrogen-bond acceptors (Lipinski definition) is 7. The molecule has 1 aliphatic heterocycles. The minimum absolute atomic E-state index is 0.0233. The van der Waals surface area contributed by atoms with Crippen LogP contribution in [0.25, 0.3) is 10.8 Å². The lowest BCUT2D eigenvalue weighted by Gasteiger charge is -2.34. The Bertz CT molecular complexity index is 1360. The van der Waals surface area contributed by atoms with Gasteiger partial charge in [0.1, 0.15) is 6.04 Å². The van der Waals surface area contributed by atoms with Crippen LogP contribution >= 0.6 is 0 Å². The third-order valence-corrected chi connectivity index (χ3v) is 8.83. The molecule has 3 rings (SSSR count). The molecule has 0 aliphatic carbocycles. The number of fused-ring (bicyclic) bond motifs is 1. The first-order valence-electron chi connectivity index (χ1n) is 15.2. The number of carboxylic acid groups (broad SMARTS) is 2. The highest BCUT2D eigenvalue weighted by Crippen LogP contribution is 2.31. The van der Waals surface area contributed by atoms with Gasteiger partial charge in [-0.3, -0.25) is 19.4 Å². The summed E-state index contributed by atoms with van der Waals surface area (Å²) < 4.78 is 30.2. The monoisotopic (exact) mass is 650 g/mol. The molecule has 1 saturated heterocycles. The van der Waals surface area contributed by atoms with Gasteiger partial charge in [-0.25, -0.2) is 8.42 Å². The van der Waals surface area contributed by atoms with Crippen LogP contribution in [0.5, 0.6) is 0 Å². The van der Waals surface area contributed by atoms with Crippen LogP contribution in [0.4, 0.5) is 5.69 Å². The zero-order valence-corrected chi connectivity index (χ0v) is 27.8. The van der Waals surface area contributed by atoms with Crippen LogP contribution < -0.4 is 21.1 Å². The molecule has 1 aliphatic rings. The summed E-state index contributed by atoms with van der Waals surface area (Å²) in [5.41, 5.74) is 11.9. The number of sulfonamides is 1. The molecule has 2 aromatic rings. The lowest BCUT2D eigenvalue weighted by molar-refractivity contribution is -0.135. The summed E-state index contributed by atoms with van der Waals surface area (Å²) in [5.74, 6) is -1.27. The molecule has 14 heteroatoms. The normalized spacial score (nSPS) is 13.8. The first kappa shape index (κ1) is 39.1. The number of nitrogens with one attached hydrogen (secondary N) is 1. The smallest absolute Gasteiger partial charge is 0.300 e. The van der Waals surface area contributed by atoms with Crippen molar-refractivity contribution in [1.29, 1.82) is 0 Å². The van der Waals surface area contributed by atoms with Gasteiger partial charge in [0.2, 0.25) is 15.9 Å². The second kappa shape index (κ2) is 19.5. The van der Waals surface area contributed by atoms with Crippen LogP contribution in [0.2, 0.25) is 0 Å². The maximum atomic E-state index is 13.7. The lowest BCUT2D eigenvalue weighted by Crippen LogP contribution is -2.50. The molecule has 7 N–H and O–H groups in total. The van der Waals surface area contributed by atoms with Gasteiger partial charge in [-0.05, 0) is 57.6 Å². The molecule has 252 valence electrons. The van der Waals surface area contributed by atoms with Crippen LogP contribution in [0.1, 0.15) is 66.7 Å². The molecule has 2 aromatic carbocycles. The number of carboxylic acids is 2. The van der Waals surface area contributed by atoms with Gasteiger partial charge in [-0.15, -0.1) is 0 Å². The van der Waals surface area contributed by atoms with Crippen molar-refractivity contribution in [3.05, 3.63) is 36.4 Å². The Labute approximate surface area is 266 Å². The number of carbonyl (C=O) groups is 3. The minimum Gasteiger partial charge on any atom is -0.481 e. The van der Waals surface area contributed by atoms with Crippen LogP contribution in [-0.4, -0.2) is 86.1 Å². The maximum Gasteiger partial charge on any atom is 0.300 e. The second-order valence-electron chi connectivity index (χ2n) is 10.6. The first-order chi connectivity index (χ1) is 21.2. The number of likely N-dealkylation sites (tertiary alicyclic amines) is 1. The first-order valence-corrected chi connectivity index (χ1v) is 16.7. The van der Waals surface area contributed by atoms with Crippen molar-refractivity contribution >= 4 is 50.3 Å². The summed E-state index contributed by atoms with van der Waals surface area (Å²) in [4.78, 5) is 39.7. The standard InChI is InChI=1S/C27H42N6O3S.2C2H4O2/c1-4-20-15-18-33(19-16-20)26(34)23(12-9-17-30-27(28)29)31-37(35,36)25-14-8-10-21-22(25)11-7-13-24(21)32(5-2)6-3;2*1-2(3)4/h7-8,10-11,13-14,20,23,31H,4-6,9,12,15-19H2,1-3H3,(H4,28,29,30);2*1H3,(H,3,4)/t23-;;/m0../s1. The Hall–Kier alpha value is -3.91. The van der Waals surface area contributed by atoms with Gasteiger partial charge < -0.3 is 31.5 Å². The van der Waals surface area contributed by atoms with Crippen LogP contribution in [0, 0.1) is 5.92 Å². The number of carbonyl (C=O) groups excluding carboxylic acids is 1. The molecule has 1 fully saturated rings.